The summed E-state index contributed by atoms with van der Waals surface area (Å²) in [6, 6.07) is 6.88. The van der Waals surface area contributed by atoms with Crippen molar-refractivity contribution in [2.24, 2.45) is 5.14 Å². The largest absolute Gasteiger partial charge is 0.393 e. The van der Waals surface area contributed by atoms with E-state index in [0.717, 1.165) is 31.2 Å². The molecule has 0 spiro atoms. The molecule has 17 heavy (non-hydrogen) atoms. The molecule has 2 rings (SSSR count). The molecule has 0 amide bonds. The zero-order valence-corrected chi connectivity index (χ0v) is 10.4. The van der Waals surface area contributed by atoms with Crippen molar-refractivity contribution in [3.8, 4) is 0 Å². The molecule has 0 radical (unpaired) electrons. The molecule has 0 saturated heterocycles. The van der Waals surface area contributed by atoms with Crippen molar-refractivity contribution in [2.45, 2.75) is 42.6 Å². The fraction of sp³-hybridized carbons (Fsp3) is 0.500. The first-order chi connectivity index (χ1) is 7.98. The molecular formula is C12H17NO3S. The number of aliphatic hydroxyl groups is 1. The summed E-state index contributed by atoms with van der Waals surface area (Å²) in [5.74, 6) is 0.188. The van der Waals surface area contributed by atoms with Gasteiger partial charge in [0.2, 0.25) is 10.0 Å². The Bertz CT molecular complexity index is 490. The lowest BCUT2D eigenvalue weighted by Gasteiger charge is -2.26. The van der Waals surface area contributed by atoms with Crippen LogP contribution in [0, 0.1) is 0 Å². The molecule has 1 aromatic carbocycles. The Morgan fingerprint density at radius 3 is 2.29 bits per heavy atom. The number of sulfonamides is 1. The van der Waals surface area contributed by atoms with Crippen molar-refractivity contribution in [1.82, 2.24) is 0 Å². The van der Waals surface area contributed by atoms with Gasteiger partial charge < -0.3 is 5.11 Å². The SMILES string of the molecule is NS(=O)(=O)c1ccccc1C1CCC(O)CC1. The minimum Gasteiger partial charge on any atom is -0.393 e. The van der Waals surface area contributed by atoms with Crippen LogP contribution in [0.5, 0.6) is 0 Å². The third kappa shape index (κ3) is 2.86. The standard InChI is InChI=1S/C12H17NO3S/c13-17(15,16)12-4-2-1-3-11(12)9-5-7-10(14)8-6-9/h1-4,9-10,14H,5-8H2,(H2,13,15,16). The third-order valence-electron chi connectivity index (χ3n) is 3.36. The van der Waals surface area contributed by atoms with E-state index in [0.29, 0.717) is 0 Å². The monoisotopic (exact) mass is 255 g/mol. The predicted molar refractivity (Wildman–Crippen MR) is 65.0 cm³/mol. The summed E-state index contributed by atoms with van der Waals surface area (Å²) >= 11 is 0. The molecule has 0 aromatic heterocycles. The lowest BCUT2D eigenvalue weighted by Crippen LogP contribution is -2.20. The number of benzene rings is 1. The van der Waals surface area contributed by atoms with E-state index in [1.807, 2.05) is 12.1 Å². The first kappa shape index (κ1) is 12.5. The molecule has 1 saturated carbocycles. The minimum absolute atomic E-state index is 0.188. The van der Waals surface area contributed by atoms with Gasteiger partial charge in [0.1, 0.15) is 0 Å². The average Bonchev–Trinajstić information content (AvgIpc) is 2.29. The van der Waals surface area contributed by atoms with Gasteiger partial charge in [-0.3, -0.25) is 0 Å². The topological polar surface area (TPSA) is 80.4 Å². The first-order valence-corrected chi connectivity index (χ1v) is 7.33. The number of hydrogen-bond acceptors (Lipinski definition) is 3. The summed E-state index contributed by atoms with van der Waals surface area (Å²) < 4.78 is 23.0. The van der Waals surface area contributed by atoms with E-state index in [4.69, 9.17) is 5.14 Å². The molecule has 4 nitrogen and oxygen atoms in total. The molecule has 0 unspecified atom stereocenters. The van der Waals surface area contributed by atoms with E-state index in [9.17, 15) is 13.5 Å². The Morgan fingerprint density at radius 1 is 1.12 bits per heavy atom. The summed E-state index contributed by atoms with van der Waals surface area (Å²) in [5, 5.41) is 14.7. The van der Waals surface area contributed by atoms with Crippen LogP contribution in [0.4, 0.5) is 0 Å². The van der Waals surface area contributed by atoms with Crippen molar-refractivity contribution in [1.29, 1.82) is 0 Å². The Balaban J connectivity index is 2.33. The zero-order chi connectivity index (χ0) is 12.5. The number of primary sulfonamides is 1. The van der Waals surface area contributed by atoms with Gasteiger partial charge >= 0.3 is 0 Å². The Labute approximate surface area is 102 Å². The second-order valence-corrected chi connectivity index (χ2v) is 6.12. The van der Waals surface area contributed by atoms with Gasteiger partial charge in [-0.2, -0.15) is 0 Å². The van der Waals surface area contributed by atoms with Crippen molar-refractivity contribution < 1.29 is 13.5 Å². The maximum atomic E-state index is 11.5. The van der Waals surface area contributed by atoms with E-state index < -0.39 is 10.0 Å². The summed E-state index contributed by atoms with van der Waals surface area (Å²) in [4.78, 5) is 0.224. The zero-order valence-electron chi connectivity index (χ0n) is 9.54. The van der Waals surface area contributed by atoms with Crippen molar-refractivity contribution >= 4 is 10.0 Å². The van der Waals surface area contributed by atoms with Crippen molar-refractivity contribution in [3.05, 3.63) is 29.8 Å². The van der Waals surface area contributed by atoms with Crippen LogP contribution in [-0.2, 0) is 10.0 Å². The highest BCUT2D eigenvalue weighted by Gasteiger charge is 2.25. The van der Waals surface area contributed by atoms with E-state index in [-0.39, 0.29) is 16.9 Å². The number of aliphatic hydroxyl groups excluding tert-OH is 1. The molecule has 0 bridgehead atoms. The minimum atomic E-state index is -3.66. The molecular weight excluding hydrogens is 238 g/mol. The molecule has 5 heteroatoms. The Hall–Kier alpha value is -0.910. The number of rotatable bonds is 2. The molecule has 1 aromatic rings. The van der Waals surface area contributed by atoms with Gasteiger partial charge in [-0.05, 0) is 43.2 Å². The fourth-order valence-corrected chi connectivity index (χ4v) is 3.30. The lowest BCUT2D eigenvalue weighted by molar-refractivity contribution is 0.122. The molecule has 1 aliphatic carbocycles. The van der Waals surface area contributed by atoms with Crippen LogP contribution in [0.3, 0.4) is 0 Å². The highest BCUT2D eigenvalue weighted by molar-refractivity contribution is 7.89. The second kappa shape index (κ2) is 4.76. The number of nitrogens with two attached hydrogens (primary N) is 1. The summed E-state index contributed by atoms with van der Waals surface area (Å²) in [5.41, 5.74) is 0.793. The highest BCUT2D eigenvalue weighted by atomic mass is 32.2. The van der Waals surface area contributed by atoms with Gasteiger partial charge in [0.05, 0.1) is 11.0 Å². The summed E-state index contributed by atoms with van der Waals surface area (Å²) in [7, 11) is -3.66. The van der Waals surface area contributed by atoms with Crippen LogP contribution in [0.1, 0.15) is 37.2 Å². The maximum Gasteiger partial charge on any atom is 0.238 e. The van der Waals surface area contributed by atoms with Crippen LogP contribution in [-0.4, -0.2) is 19.6 Å². The maximum absolute atomic E-state index is 11.5. The van der Waals surface area contributed by atoms with E-state index in [2.05, 4.69) is 0 Å². The highest BCUT2D eigenvalue weighted by Crippen LogP contribution is 2.35. The molecule has 0 aliphatic heterocycles. The normalized spacial score (nSPS) is 25.8. The smallest absolute Gasteiger partial charge is 0.238 e. The Kier molecular flexibility index (Phi) is 3.51. The first-order valence-electron chi connectivity index (χ1n) is 5.78. The van der Waals surface area contributed by atoms with Crippen molar-refractivity contribution in [3.63, 3.8) is 0 Å². The van der Waals surface area contributed by atoms with E-state index in [1.165, 1.54) is 0 Å². The molecule has 3 N–H and O–H groups in total. The van der Waals surface area contributed by atoms with Gasteiger partial charge in [0.25, 0.3) is 0 Å². The quantitative estimate of drug-likeness (QED) is 0.837. The molecule has 94 valence electrons. The van der Waals surface area contributed by atoms with E-state index >= 15 is 0 Å². The molecule has 0 heterocycles. The van der Waals surface area contributed by atoms with Crippen LogP contribution >= 0.6 is 0 Å². The van der Waals surface area contributed by atoms with Crippen LogP contribution in [0.15, 0.2) is 29.2 Å². The van der Waals surface area contributed by atoms with Gasteiger partial charge in [-0.25, -0.2) is 13.6 Å². The number of hydrogen-bond donors (Lipinski definition) is 2. The lowest BCUT2D eigenvalue weighted by atomic mass is 9.83. The van der Waals surface area contributed by atoms with Gasteiger partial charge in [0, 0.05) is 0 Å². The summed E-state index contributed by atoms with van der Waals surface area (Å²) in [6.45, 7) is 0. The van der Waals surface area contributed by atoms with Crippen LogP contribution in [0.2, 0.25) is 0 Å². The van der Waals surface area contributed by atoms with Crippen LogP contribution < -0.4 is 5.14 Å². The van der Waals surface area contributed by atoms with Gasteiger partial charge in [-0.1, -0.05) is 18.2 Å². The van der Waals surface area contributed by atoms with E-state index in [1.54, 1.807) is 12.1 Å². The Morgan fingerprint density at radius 2 is 1.71 bits per heavy atom. The average molecular weight is 255 g/mol. The molecule has 0 atom stereocenters. The third-order valence-corrected chi connectivity index (χ3v) is 4.35. The van der Waals surface area contributed by atoms with Crippen molar-refractivity contribution in [2.75, 3.05) is 0 Å². The summed E-state index contributed by atoms with van der Waals surface area (Å²) in [6.07, 6.45) is 2.84. The van der Waals surface area contributed by atoms with Gasteiger partial charge in [-0.15, -0.1) is 0 Å². The van der Waals surface area contributed by atoms with Gasteiger partial charge in [0.15, 0.2) is 0 Å². The second-order valence-electron chi connectivity index (χ2n) is 4.59. The van der Waals surface area contributed by atoms with Crippen LogP contribution in [0.25, 0.3) is 0 Å². The molecule has 1 aliphatic rings. The fourth-order valence-electron chi connectivity index (χ4n) is 2.46. The predicted octanol–water partition coefficient (Wildman–Crippen LogP) is 1.35. The molecule has 1 fully saturated rings.